The molecule has 0 aliphatic rings. The fourth-order valence-corrected chi connectivity index (χ4v) is 2.92. The Hall–Kier alpha value is -0.136. The van der Waals surface area contributed by atoms with E-state index in [1.807, 2.05) is 27.7 Å². The smallest absolute Gasteiger partial charge is 0.295 e. The minimum Gasteiger partial charge on any atom is -0.519 e. The molecule has 0 amide bonds. The molecule has 0 aromatic carbocycles. The first-order chi connectivity index (χ1) is 8.26. The van der Waals surface area contributed by atoms with Crippen LogP contribution < -0.4 is 0 Å². The van der Waals surface area contributed by atoms with E-state index in [-0.39, 0.29) is 22.5 Å². The number of rotatable bonds is 5. The standard InChI is InChI=1S/C14H30O3Si2/c1-11(10-18-17-13(2,3)4)12(15)16-19(8,9)14(5,6)7/h11H,10H2,1-9H3. The Kier molecular flexibility index (Phi) is 6.50. The minimum absolute atomic E-state index is 0.0621. The molecular formula is C14H30O3Si2. The normalized spacial score (nSPS) is 15.2. The van der Waals surface area contributed by atoms with Gasteiger partial charge in [-0.3, -0.25) is 4.79 Å². The van der Waals surface area contributed by atoms with Crippen LogP contribution in [0, 0.1) is 5.92 Å². The molecule has 2 radical (unpaired) electrons. The lowest BCUT2D eigenvalue weighted by atomic mass is 10.2. The quantitative estimate of drug-likeness (QED) is 0.719. The van der Waals surface area contributed by atoms with Gasteiger partial charge < -0.3 is 8.85 Å². The third-order valence-corrected chi connectivity index (χ3v) is 9.19. The van der Waals surface area contributed by atoms with Crippen LogP contribution in [0.4, 0.5) is 0 Å². The van der Waals surface area contributed by atoms with Crippen molar-refractivity contribution in [3.8, 4) is 0 Å². The predicted octanol–water partition coefficient (Wildman–Crippen LogP) is 4.02. The average molecular weight is 303 g/mol. The van der Waals surface area contributed by atoms with E-state index >= 15 is 0 Å². The van der Waals surface area contributed by atoms with Crippen molar-refractivity contribution >= 4 is 24.0 Å². The molecule has 0 fully saturated rings. The van der Waals surface area contributed by atoms with E-state index < -0.39 is 8.32 Å². The van der Waals surface area contributed by atoms with E-state index in [9.17, 15) is 4.79 Å². The molecule has 1 atom stereocenters. The molecule has 0 bridgehead atoms. The van der Waals surface area contributed by atoms with Crippen LogP contribution in [0.1, 0.15) is 48.5 Å². The Balaban J connectivity index is 4.29. The monoisotopic (exact) mass is 302 g/mol. The van der Waals surface area contributed by atoms with Crippen LogP contribution in [-0.4, -0.2) is 29.7 Å². The first-order valence-corrected chi connectivity index (χ1v) is 10.9. The highest BCUT2D eigenvalue weighted by atomic mass is 28.4. The molecule has 1 unspecified atom stereocenters. The van der Waals surface area contributed by atoms with Crippen molar-refractivity contribution in [2.24, 2.45) is 5.92 Å². The Morgan fingerprint density at radius 3 is 2.00 bits per heavy atom. The molecule has 0 aromatic rings. The van der Waals surface area contributed by atoms with Gasteiger partial charge in [-0.15, -0.1) is 0 Å². The van der Waals surface area contributed by atoms with Gasteiger partial charge in [0.05, 0.1) is 5.92 Å². The molecule has 0 rings (SSSR count). The van der Waals surface area contributed by atoms with Crippen molar-refractivity contribution in [2.75, 3.05) is 0 Å². The molecule has 0 aliphatic carbocycles. The van der Waals surface area contributed by atoms with Crippen molar-refractivity contribution in [1.29, 1.82) is 0 Å². The zero-order valence-corrected chi connectivity index (χ0v) is 16.0. The highest BCUT2D eigenvalue weighted by molar-refractivity contribution is 6.75. The van der Waals surface area contributed by atoms with Gasteiger partial charge in [-0.05, 0) is 44.9 Å². The molecule has 3 nitrogen and oxygen atoms in total. The summed E-state index contributed by atoms with van der Waals surface area (Å²) in [5, 5.41) is 0.0621. The third kappa shape index (κ3) is 7.27. The molecule has 0 heterocycles. The molecule has 19 heavy (non-hydrogen) atoms. The van der Waals surface area contributed by atoms with Crippen LogP contribution in [0.3, 0.4) is 0 Å². The van der Waals surface area contributed by atoms with Gasteiger partial charge in [0.2, 0.25) is 9.76 Å². The highest BCUT2D eigenvalue weighted by Crippen LogP contribution is 2.37. The second-order valence-electron chi connectivity index (χ2n) is 7.65. The van der Waals surface area contributed by atoms with Crippen LogP contribution >= 0.6 is 0 Å². The SMILES string of the molecule is CC(C[Si]OC(C)(C)C)C(=O)O[Si](C)(C)C(C)(C)C. The van der Waals surface area contributed by atoms with Gasteiger partial charge in [0, 0.05) is 5.60 Å². The van der Waals surface area contributed by atoms with Gasteiger partial charge in [-0.1, -0.05) is 27.7 Å². The van der Waals surface area contributed by atoms with Crippen molar-refractivity contribution in [2.45, 2.75) is 78.2 Å². The van der Waals surface area contributed by atoms with Gasteiger partial charge in [0.25, 0.3) is 14.3 Å². The topological polar surface area (TPSA) is 35.5 Å². The van der Waals surface area contributed by atoms with Gasteiger partial charge in [-0.2, -0.15) is 0 Å². The minimum atomic E-state index is -1.99. The highest BCUT2D eigenvalue weighted by Gasteiger charge is 2.41. The van der Waals surface area contributed by atoms with Crippen LogP contribution in [0.5, 0.6) is 0 Å². The lowest BCUT2D eigenvalue weighted by molar-refractivity contribution is -0.138. The van der Waals surface area contributed by atoms with E-state index in [1.54, 1.807) is 0 Å². The summed E-state index contributed by atoms with van der Waals surface area (Å²) >= 11 is 0. The van der Waals surface area contributed by atoms with Crippen molar-refractivity contribution < 1.29 is 13.6 Å². The Labute approximate surface area is 122 Å². The van der Waals surface area contributed by atoms with Crippen LogP contribution in [-0.2, 0) is 13.6 Å². The van der Waals surface area contributed by atoms with E-state index in [0.717, 1.165) is 6.04 Å². The third-order valence-electron chi connectivity index (χ3n) is 3.33. The number of carbonyl (C=O) groups excluding carboxylic acids is 1. The maximum Gasteiger partial charge on any atom is 0.295 e. The summed E-state index contributed by atoms with van der Waals surface area (Å²) < 4.78 is 11.5. The number of hydrogen-bond acceptors (Lipinski definition) is 3. The van der Waals surface area contributed by atoms with Crippen molar-refractivity contribution in [1.82, 2.24) is 0 Å². The zero-order chi connectivity index (χ0) is 15.5. The molecular weight excluding hydrogens is 272 g/mol. The average Bonchev–Trinajstić information content (AvgIpc) is 2.12. The Morgan fingerprint density at radius 2 is 1.63 bits per heavy atom. The maximum atomic E-state index is 12.1. The molecule has 0 N–H and O–H groups in total. The number of hydrogen-bond donors (Lipinski definition) is 0. The maximum absolute atomic E-state index is 12.1. The van der Waals surface area contributed by atoms with E-state index in [1.165, 1.54) is 0 Å². The van der Waals surface area contributed by atoms with Gasteiger partial charge in [-0.25, -0.2) is 0 Å². The Bertz CT molecular complexity index is 301. The summed E-state index contributed by atoms with van der Waals surface area (Å²) in [5.41, 5.74) is -0.137. The molecule has 0 aliphatic heterocycles. The van der Waals surface area contributed by atoms with Crippen molar-refractivity contribution in [3.05, 3.63) is 0 Å². The molecule has 0 aromatic heterocycles. The summed E-state index contributed by atoms with van der Waals surface area (Å²) in [7, 11) is -1.65. The zero-order valence-electron chi connectivity index (χ0n) is 14.0. The van der Waals surface area contributed by atoms with Gasteiger partial charge >= 0.3 is 0 Å². The van der Waals surface area contributed by atoms with Crippen LogP contribution in [0.15, 0.2) is 0 Å². The summed E-state index contributed by atoms with van der Waals surface area (Å²) in [6.07, 6.45) is 0. The van der Waals surface area contributed by atoms with Gasteiger partial charge in [0.1, 0.15) is 0 Å². The molecule has 112 valence electrons. The Morgan fingerprint density at radius 1 is 1.16 bits per heavy atom. The molecule has 0 saturated heterocycles. The summed E-state index contributed by atoms with van der Waals surface area (Å²) in [4.78, 5) is 12.1. The first kappa shape index (κ1) is 18.9. The lowest BCUT2D eigenvalue weighted by Crippen LogP contribution is -2.43. The fraction of sp³-hybridized carbons (Fsp3) is 0.929. The van der Waals surface area contributed by atoms with Gasteiger partial charge in [0.15, 0.2) is 0 Å². The van der Waals surface area contributed by atoms with Crippen LogP contribution in [0.2, 0.25) is 24.2 Å². The molecule has 5 heteroatoms. The van der Waals surface area contributed by atoms with E-state index in [2.05, 4.69) is 33.9 Å². The fourth-order valence-electron chi connectivity index (χ4n) is 0.972. The summed E-state index contributed by atoms with van der Waals surface area (Å²) in [5.74, 6) is -0.161. The summed E-state index contributed by atoms with van der Waals surface area (Å²) in [6, 6.07) is 0.741. The lowest BCUT2D eigenvalue weighted by Gasteiger charge is -2.36. The second kappa shape index (κ2) is 6.54. The molecule has 0 saturated carbocycles. The number of carbonyl (C=O) groups is 1. The van der Waals surface area contributed by atoms with Crippen LogP contribution in [0.25, 0.3) is 0 Å². The summed E-state index contributed by atoms with van der Waals surface area (Å²) in [6.45, 7) is 18.6. The van der Waals surface area contributed by atoms with Crippen molar-refractivity contribution in [3.63, 3.8) is 0 Å². The largest absolute Gasteiger partial charge is 0.519 e. The second-order valence-corrected chi connectivity index (χ2v) is 13.3. The van der Waals surface area contributed by atoms with E-state index in [0.29, 0.717) is 9.76 Å². The van der Waals surface area contributed by atoms with E-state index in [4.69, 9.17) is 8.85 Å². The molecule has 0 spiro atoms. The first-order valence-electron chi connectivity index (χ1n) is 6.90. The predicted molar refractivity (Wildman–Crippen MR) is 83.9 cm³/mol.